The molecule has 3 atom stereocenters. The summed E-state index contributed by atoms with van der Waals surface area (Å²) in [6.07, 6.45) is 3.86. The molecule has 3 amide bonds. The average Bonchev–Trinajstić information content (AvgIpc) is 3.31. The molecule has 32 heavy (non-hydrogen) atoms. The summed E-state index contributed by atoms with van der Waals surface area (Å²) in [6, 6.07) is 0.285. The molecule has 0 spiro atoms. The van der Waals surface area contributed by atoms with Gasteiger partial charge in [0.2, 0.25) is 5.91 Å². The second-order valence-corrected chi connectivity index (χ2v) is 8.69. The second kappa shape index (κ2) is 11.1. The van der Waals surface area contributed by atoms with E-state index in [0.717, 1.165) is 25.0 Å². The zero-order valence-corrected chi connectivity index (χ0v) is 17.9. The molecule has 174 valence electrons. The molecular weight excluding hydrogens is 449 g/mol. The lowest BCUT2D eigenvalue weighted by Crippen LogP contribution is -2.36. The number of halogens is 3. The molecule has 0 unspecified atom stereocenters. The minimum atomic E-state index is -1.67. The third-order valence-electron chi connectivity index (χ3n) is 5.23. The van der Waals surface area contributed by atoms with Crippen molar-refractivity contribution in [3.8, 4) is 0 Å². The Kier molecular flexibility index (Phi) is 8.28. The van der Waals surface area contributed by atoms with Crippen LogP contribution in [0.25, 0.3) is 10.4 Å². The van der Waals surface area contributed by atoms with Gasteiger partial charge in [-0.1, -0.05) is 18.0 Å². The number of thioether (sulfide) groups is 1. The van der Waals surface area contributed by atoms with E-state index in [-0.39, 0.29) is 37.1 Å². The summed E-state index contributed by atoms with van der Waals surface area (Å²) in [5.74, 6) is -4.45. The first-order valence-electron chi connectivity index (χ1n) is 10.2. The van der Waals surface area contributed by atoms with Crippen molar-refractivity contribution in [3.63, 3.8) is 0 Å². The zero-order valence-electron chi connectivity index (χ0n) is 17.0. The number of urea groups is 1. The van der Waals surface area contributed by atoms with Crippen LogP contribution >= 0.6 is 11.8 Å². The third kappa shape index (κ3) is 5.88. The van der Waals surface area contributed by atoms with Crippen LogP contribution < -0.4 is 21.3 Å². The molecule has 2 saturated heterocycles. The van der Waals surface area contributed by atoms with Crippen LogP contribution in [0.5, 0.6) is 0 Å². The van der Waals surface area contributed by atoms with E-state index in [1.54, 1.807) is 0 Å². The van der Waals surface area contributed by atoms with Crippen LogP contribution in [0, 0.1) is 17.6 Å². The number of azide groups is 1. The number of rotatable bonds is 11. The molecule has 3 heterocycles. The van der Waals surface area contributed by atoms with Crippen molar-refractivity contribution in [1.82, 2.24) is 20.9 Å². The lowest BCUT2D eigenvalue weighted by Gasteiger charge is -2.16. The molecule has 2 aliphatic rings. The summed E-state index contributed by atoms with van der Waals surface area (Å²) in [5.41, 5.74) is 7.22. The number of unbranched alkanes of at least 4 members (excludes halogenated alkanes) is 2. The van der Waals surface area contributed by atoms with E-state index in [1.165, 1.54) is 0 Å². The maximum Gasteiger partial charge on any atom is 0.315 e. The number of aromatic nitrogens is 1. The van der Waals surface area contributed by atoms with E-state index in [2.05, 4.69) is 36.3 Å². The number of nitrogens with one attached hydrogen (secondary N) is 4. The number of carbonyl (C=O) groups excluding carboxylic acids is 2. The molecule has 0 aromatic carbocycles. The maximum atomic E-state index is 14.0. The molecule has 0 radical (unpaired) electrons. The lowest BCUT2D eigenvalue weighted by atomic mass is 10.0. The Morgan fingerprint density at radius 3 is 2.81 bits per heavy atom. The van der Waals surface area contributed by atoms with Gasteiger partial charge in [-0.15, -0.1) is 0 Å². The zero-order chi connectivity index (χ0) is 23.1. The summed E-state index contributed by atoms with van der Waals surface area (Å²) >= 11 is 1.86. The van der Waals surface area contributed by atoms with Gasteiger partial charge < -0.3 is 21.3 Å². The number of anilines is 1. The van der Waals surface area contributed by atoms with Crippen LogP contribution in [0.3, 0.4) is 0 Å². The van der Waals surface area contributed by atoms with E-state index in [0.29, 0.717) is 18.1 Å². The Labute approximate surface area is 186 Å². The van der Waals surface area contributed by atoms with Crippen LogP contribution in [0.4, 0.5) is 29.5 Å². The molecular formula is C18H23F3N8O2S. The van der Waals surface area contributed by atoms with Crippen LogP contribution in [-0.2, 0) is 4.79 Å². The van der Waals surface area contributed by atoms with Crippen LogP contribution in [0.2, 0.25) is 0 Å². The van der Waals surface area contributed by atoms with E-state index in [9.17, 15) is 22.8 Å². The van der Waals surface area contributed by atoms with Gasteiger partial charge in [0.25, 0.3) is 5.95 Å². The highest BCUT2D eigenvalue weighted by atomic mass is 32.2. The van der Waals surface area contributed by atoms with Gasteiger partial charge >= 0.3 is 6.03 Å². The van der Waals surface area contributed by atoms with Crippen molar-refractivity contribution < 1.29 is 22.8 Å². The maximum absolute atomic E-state index is 14.0. The van der Waals surface area contributed by atoms with Gasteiger partial charge in [0.15, 0.2) is 17.5 Å². The van der Waals surface area contributed by atoms with Crippen LogP contribution in [0.15, 0.2) is 5.11 Å². The smallest absolute Gasteiger partial charge is 0.315 e. The monoisotopic (exact) mass is 472 g/mol. The molecule has 3 rings (SSSR count). The molecule has 0 bridgehead atoms. The van der Waals surface area contributed by atoms with Gasteiger partial charge in [0.05, 0.1) is 12.1 Å². The topological polar surface area (TPSA) is 144 Å². The van der Waals surface area contributed by atoms with Crippen LogP contribution in [-0.4, -0.2) is 53.1 Å². The standard InChI is InChI=1S/C18H23F3N8O2S/c19-12-15(28-29-22)13(20)17(27-16(12)21)24-7-6-23-11(30)5-3-1-2-4-10-14-9(8-32-10)25-18(31)26-14/h9-10,14H,1-8H2,(H,23,30)(H,24,27)(H2,25,26,31)/t9-,10-,14-/m0/s1. The molecule has 10 nitrogen and oxygen atoms in total. The normalized spacial score (nSPS) is 21.3. The number of pyridine rings is 1. The Hall–Kier alpha value is -2.86. The van der Waals surface area contributed by atoms with Gasteiger partial charge in [0.1, 0.15) is 5.69 Å². The predicted octanol–water partition coefficient (Wildman–Crippen LogP) is 3.08. The van der Waals surface area contributed by atoms with E-state index in [1.807, 2.05) is 11.8 Å². The summed E-state index contributed by atoms with van der Waals surface area (Å²) in [6.45, 7) is 0.127. The Morgan fingerprint density at radius 2 is 2.03 bits per heavy atom. The van der Waals surface area contributed by atoms with Crippen molar-refractivity contribution in [2.24, 2.45) is 5.11 Å². The van der Waals surface area contributed by atoms with Gasteiger partial charge in [-0.25, -0.2) is 13.6 Å². The predicted molar refractivity (Wildman–Crippen MR) is 113 cm³/mol. The Balaban J connectivity index is 1.29. The van der Waals surface area contributed by atoms with Gasteiger partial charge in [-0.2, -0.15) is 21.1 Å². The van der Waals surface area contributed by atoms with Crippen LogP contribution in [0.1, 0.15) is 32.1 Å². The third-order valence-corrected chi connectivity index (χ3v) is 6.74. The fourth-order valence-electron chi connectivity index (χ4n) is 3.67. The van der Waals surface area contributed by atoms with Crippen molar-refractivity contribution in [1.29, 1.82) is 0 Å². The number of hydrogen-bond donors (Lipinski definition) is 4. The SMILES string of the molecule is [N-]=[N+]=Nc1c(F)c(F)nc(NCCNC(=O)CCCCC[C@@H]2SC[C@@H]3NC(=O)N[C@@H]32)c1F. The first-order valence-corrected chi connectivity index (χ1v) is 11.2. The minimum Gasteiger partial charge on any atom is -0.366 e. The van der Waals surface area contributed by atoms with E-state index in [4.69, 9.17) is 5.53 Å². The molecule has 14 heteroatoms. The molecule has 4 N–H and O–H groups in total. The van der Waals surface area contributed by atoms with Crippen molar-refractivity contribution in [2.75, 3.05) is 24.2 Å². The second-order valence-electron chi connectivity index (χ2n) is 7.42. The highest BCUT2D eigenvalue weighted by Crippen LogP contribution is 2.33. The Bertz CT molecular complexity index is 915. The number of carbonyl (C=O) groups is 2. The highest BCUT2D eigenvalue weighted by molar-refractivity contribution is 8.00. The quantitative estimate of drug-likeness (QED) is 0.0977. The van der Waals surface area contributed by atoms with Gasteiger partial charge in [-0.3, -0.25) is 4.79 Å². The average molecular weight is 472 g/mol. The summed E-state index contributed by atoms with van der Waals surface area (Å²) in [5, 5.41) is 14.1. The van der Waals surface area contributed by atoms with Crippen molar-refractivity contribution >= 4 is 35.2 Å². The van der Waals surface area contributed by atoms with Crippen molar-refractivity contribution in [2.45, 2.75) is 49.4 Å². The Morgan fingerprint density at radius 1 is 1.22 bits per heavy atom. The first kappa shape index (κ1) is 23.8. The molecule has 1 aromatic rings. The summed E-state index contributed by atoms with van der Waals surface area (Å²) in [7, 11) is 0. The number of nitrogens with zero attached hydrogens (tertiary/aromatic N) is 4. The van der Waals surface area contributed by atoms with E-state index < -0.39 is 29.1 Å². The number of amides is 3. The fourth-order valence-corrected chi connectivity index (χ4v) is 5.22. The first-order chi connectivity index (χ1) is 15.4. The highest BCUT2D eigenvalue weighted by Gasteiger charge is 2.42. The van der Waals surface area contributed by atoms with E-state index >= 15 is 0 Å². The number of hydrogen-bond acceptors (Lipinski definition) is 6. The van der Waals surface area contributed by atoms with Gasteiger partial charge in [-0.05, 0) is 18.4 Å². The molecule has 2 aliphatic heterocycles. The van der Waals surface area contributed by atoms with Gasteiger partial charge in [0, 0.05) is 35.4 Å². The fraction of sp³-hybridized carbons (Fsp3) is 0.611. The molecule has 0 saturated carbocycles. The molecule has 1 aromatic heterocycles. The number of fused-ring (bicyclic) bond motifs is 1. The largest absolute Gasteiger partial charge is 0.366 e. The minimum absolute atomic E-state index is 0.0116. The lowest BCUT2D eigenvalue weighted by molar-refractivity contribution is -0.121. The summed E-state index contributed by atoms with van der Waals surface area (Å²) < 4.78 is 40.8. The molecule has 0 aliphatic carbocycles. The summed E-state index contributed by atoms with van der Waals surface area (Å²) in [4.78, 5) is 28.7. The molecule has 2 fully saturated rings. The van der Waals surface area contributed by atoms with Crippen molar-refractivity contribution in [3.05, 3.63) is 28.0 Å².